The van der Waals surface area contributed by atoms with Crippen LogP contribution < -0.4 is 9.47 Å². The summed E-state index contributed by atoms with van der Waals surface area (Å²) in [5.41, 5.74) is 0.869. The molecule has 6 heteroatoms. The Morgan fingerprint density at radius 3 is 2.70 bits per heavy atom. The van der Waals surface area contributed by atoms with Crippen LogP contribution in [0.1, 0.15) is 5.56 Å². The molecule has 1 saturated heterocycles. The van der Waals surface area contributed by atoms with E-state index in [0.717, 1.165) is 11.3 Å². The van der Waals surface area contributed by atoms with Crippen LogP contribution in [0.2, 0.25) is 0 Å². The normalized spacial score (nSPS) is 14.9. The lowest BCUT2D eigenvalue weighted by atomic mass is 10.2. The first-order valence-electron chi connectivity index (χ1n) is 6.04. The van der Waals surface area contributed by atoms with Crippen LogP contribution in [0.4, 0.5) is 0 Å². The number of thioether (sulfide) groups is 1. The van der Waals surface area contributed by atoms with Crippen molar-refractivity contribution in [3.8, 4) is 11.5 Å². The number of carbonyl (C=O) groups excluding carboxylic acids is 1. The van der Waals surface area contributed by atoms with Gasteiger partial charge in [-0.05, 0) is 23.8 Å². The lowest BCUT2D eigenvalue weighted by Crippen LogP contribution is -2.28. The molecule has 106 valence electrons. The first-order chi connectivity index (χ1) is 9.65. The summed E-state index contributed by atoms with van der Waals surface area (Å²) in [6.45, 7) is 0.679. The second-order valence-corrected chi connectivity index (χ2v) is 5.78. The maximum atomic E-state index is 12.0. The molecule has 1 aromatic rings. The van der Waals surface area contributed by atoms with Crippen molar-refractivity contribution in [2.24, 2.45) is 0 Å². The van der Waals surface area contributed by atoms with Gasteiger partial charge in [0.2, 0.25) is 0 Å². The summed E-state index contributed by atoms with van der Waals surface area (Å²) in [5, 5.41) is 0. The van der Waals surface area contributed by atoms with Crippen molar-refractivity contribution >= 4 is 40.3 Å². The largest absolute Gasteiger partial charge is 0.493 e. The average Bonchev–Trinajstić information content (AvgIpc) is 2.90. The molecule has 1 amide bonds. The number of rotatable bonds is 4. The Morgan fingerprint density at radius 2 is 2.10 bits per heavy atom. The van der Waals surface area contributed by atoms with E-state index in [1.165, 1.54) is 17.8 Å². The van der Waals surface area contributed by atoms with E-state index in [9.17, 15) is 4.79 Å². The van der Waals surface area contributed by atoms with E-state index in [-0.39, 0.29) is 5.91 Å². The Hall–Kier alpha value is -1.53. The van der Waals surface area contributed by atoms with Gasteiger partial charge in [0.05, 0.1) is 14.2 Å². The number of hydrogen-bond acceptors (Lipinski definition) is 5. The van der Waals surface area contributed by atoms with Crippen molar-refractivity contribution in [3.63, 3.8) is 0 Å². The van der Waals surface area contributed by atoms with Gasteiger partial charge in [-0.15, -0.1) is 0 Å². The Kier molecular flexibility index (Phi) is 5.03. The molecule has 0 radical (unpaired) electrons. The Labute approximate surface area is 127 Å². The molecule has 20 heavy (non-hydrogen) atoms. The van der Waals surface area contributed by atoms with E-state index in [2.05, 4.69) is 0 Å². The zero-order valence-electron chi connectivity index (χ0n) is 11.3. The zero-order valence-corrected chi connectivity index (χ0v) is 12.9. The molecule has 0 atom stereocenters. The number of benzene rings is 1. The predicted molar refractivity (Wildman–Crippen MR) is 85.3 cm³/mol. The van der Waals surface area contributed by atoms with Gasteiger partial charge < -0.3 is 9.47 Å². The molecule has 0 aliphatic carbocycles. The highest BCUT2D eigenvalue weighted by Crippen LogP contribution is 2.28. The van der Waals surface area contributed by atoms with Crippen molar-refractivity contribution in [3.05, 3.63) is 29.8 Å². The van der Waals surface area contributed by atoms with Gasteiger partial charge in [0.25, 0.3) is 5.91 Å². The van der Waals surface area contributed by atoms with E-state index in [1.807, 2.05) is 12.1 Å². The molecule has 0 spiro atoms. The van der Waals surface area contributed by atoms with Gasteiger partial charge >= 0.3 is 0 Å². The maximum absolute atomic E-state index is 12.0. The predicted octanol–water partition coefficient (Wildman–Crippen LogP) is 2.58. The monoisotopic (exact) mass is 309 g/mol. The van der Waals surface area contributed by atoms with Gasteiger partial charge in [0.15, 0.2) is 11.5 Å². The highest BCUT2D eigenvalue weighted by atomic mass is 32.2. The van der Waals surface area contributed by atoms with Crippen LogP contribution in [0.15, 0.2) is 24.3 Å². The number of hydrogen-bond donors (Lipinski definition) is 0. The molecule has 0 N–H and O–H groups in total. The number of carbonyl (C=O) groups is 1. The van der Waals surface area contributed by atoms with E-state index in [4.69, 9.17) is 21.7 Å². The summed E-state index contributed by atoms with van der Waals surface area (Å²) in [7, 11) is 3.17. The van der Waals surface area contributed by atoms with Crippen molar-refractivity contribution < 1.29 is 14.3 Å². The molecule has 1 aromatic carbocycles. The van der Waals surface area contributed by atoms with Gasteiger partial charge in [-0.25, -0.2) is 0 Å². The molecule has 1 fully saturated rings. The van der Waals surface area contributed by atoms with Crippen LogP contribution in [0.5, 0.6) is 11.5 Å². The van der Waals surface area contributed by atoms with Crippen LogP contribution in [-0.2, 0) is 4.79 Å². The topological polar surface area (TPSA) is 38.8 Å². The van der Waals surface area contributed by atoms with E-state index in [0.29, 0.717) is 22.4 Å². The Bertz CT molecular complexity index is 557. The first kappa shape index (κ1) is 14.9. The van der Waals surface area contributed by atoms with Crippen molar-refractivity contribution in [2.45, 2.75) is 0 Å². The molecule has 1 aliphatic rings. The highest BCUT2D eigenvalue weighted by Gasteiger charge is 2.21. The third kappa shape index (κ3) is 3.32. The fraction of sp³-hybridized carbons (Fsp3) is 0.286. The van der Waals surface area contributed by atoms with Gasteiger partial charge in [-0.2, -0.15) is 0 Å². The molecule has 0 aromatic heterocycles. The molecule has 1 heterocycles. The second kappa shape index (κ2) is 6.76. The third-order valence-corrected chi connectivity index (χ3v) is 4.28. The van der Waals surface area contributed by atoms with Crippen LogP contribution in [-0.4, -0.2) is 41.6 Å². The van der Waals surface area contributed by atoms with E-state index < -0.39 is 0 Å². The molecular weight excluding hydrogens is 294 g/mol. The number of methoxy groups -OCH3 is 2. The second-order valence-electron chi connectivity index (χ2n) is 4.05. The number of ether oxygens (including phenoxy) is 2. The van der Waals surface area contributed by atoms with E-state index in [1.54, 1.807) is 31.3 Å². The average molecular weight is 309 g/mol. The summed E-state index contributed by atoms with van der Waals surface area (Å²) in [5.74, 6) is 2.08. The lowest BCUT2D eigenvalue weighted by Gasteiger charge is -2.11. The summed E-state index contributed by atoms with van der Waals surface area (Å²) >= 11 is 6.65. The van der Waals surface area contributed by atoms with Gasteiger partial charge in [-0.1, -0.05) is 30.0 Å². The first-order valence-corrected chi connectivity index (χ1v) is 7.43. The summed E-state index contributed by atoms with van der Waals surface area (Å²) in [6, 6.07) is 5.49. The molecular formula is C14H15NO3S2. The standard InChI is InChI=1S/C14H15NO3S2/c1-17-11-5-3-10(9-12(11)18-2)4-6-13(16)15-7-8-20-14(15)19/h3-6,9H,7-8H2,1-2H3/b6-4+. The van der Waals surface area contributed by atoms with Crippen LogP contribution in [0.25, 0.3) is 6.08 Å². The van der Waals surface area contributed by atoms with Crippen LogP contribution in [0, 0.1) is 0 Å². The van der Waals surface area contributed by atoms with Crippen molar-refractivity contribution in [2.75, 3.05) is 26.5 Å². The summed E-state index contributed by atoms with van der Waals surface area (Å²) in [4.78, 5) is 13.6. The van der Waals surface area contributed by atoms with Gasteiger partial charge in [0, 0.05) is 18.4 Å². The van der Waals surface area contributed by atoms with Crippen molar-refractivity contribution in [1.29, 1.82) is 0 Å². The minimum atomic E-state index is -0.0882. The lowest BCUT2D eigenvalue weighted by molar-refractivity contribution is -0.121. The fourth-order valence-electron chi connectivity index (χ4n) is 1.81. The van der Waals surface area contributed by atoms with Crippen LogP contribution >= 0.6 is 24.0 Å². The third-order valence-electron chi connectivity index (χ3n) is 2.85. The minimum absolute atomic E-state index is 0.0882. The van der Waals surface area contributed by atoms with Gasteiger partial charge in [-0.3, -0.25) is 9.69 Å². The summed E-state index contributed by atoms with van der Waals surface area (Å²) in [6.07, 6.45) is 3.27. The van der Waals surface area contributed by atoms with Gasteiger partial charge in [0.1, 0.15) is 4.32 Å². The summed E-state index contributed by atoms with van der Waals surface area (Å²) < 4.78 is 11.0. The van der Waals surface area contributed by atoms with Crippen LogP contribution in [0.3, 0.4) is 0 Å². The fourth-order valence-corrected chi connectivity index (χ4v) is 3.02. The number of thiocarbonyl (C=S) groups is 1. The van der Waals surface area contributed by atoms with E-state index >= 15 is 0 Å². The molecule has 2 rings (SSSR count). The molecule has 0 saturated carbocycles. The maximum Gasteiger partial charge on any atom is 0.252 e. The highest BCUT2D eigenvalue weighted by molar-refractivity contribution is 8.23. The molecule has 1 aliphatic heterocycles. The quantitative estimate of drug-likeness (QED) is 0.631. The zero-order chi connectivity index (χ0) is 14.5. The molecule has 0 unspecified atom stereocenters. The number of nitrogens with zero attached hydrogens (tertiary/aromatic N) is 1. The Morgan fingerprint density at radius 1 is 1.35 bits per heavy atom. The minimum Gasteiger partial charge on any atom is -0.493 e. The SMILES string of the molecule is COc1ccc(/C=C/C(=O)N2CCSC2=S)cc1OC. The number of amides is 1. The van der Waals surface area contributed by atoms with Crippen molar-refractivity contribution in [1.82, 2.24) is 4.90 Å². The smallest absolute Gasteiger partial charge is 0.252 e. The molecule has 0 bridgehead atoms. The Balaban J connectivity index is 2.11. The molecule has 4 nitrogen and oxygen atoms in total.